The molecule has 2 rings (SSSR count). The van der Waals surface area contributed by atoms with E-state index in [-0.39, 0.29) is 16.6 Å². The van der Waals surface area contributed by atoms with Gasteiger partial charge < -0.3 is 0 Å². The summed E-state index contributed by atoms with van der Waals surface area (Å²) in [5, 5.41) is 39.4. The molecule has 0 aromatic heterocycles. The van der Waals surface area contributed by atoms with Crippen LogP contribution in [0.1, 0.15) is 47.0 Å². The van der Waals surface area contributed by atoms with Gasteiger partial charge >= 0.3 is 0 Å². The third-order valence-electron chi connectivity index (χ3n) is 5.90. The Bertz CT molecular complexity index is 619. The number of hydrogen-bond donors (Lipinski definition) is 0. The van der Waals surface area contributed by atoms with Gasteiger partial charge in [-0.1, -0.05) is 34.1 Å². The van der Waals surface area contributed by atoms with E-state index in [1.165, 1.54) is 11.8 Å². The molecule has 0 radical (unpaired) electrons. The van der Waals surface area contributed by atoms with E-state index in [1.54, 1.807) is 0 Å². The molecule has 4 nitrogen and oxygen atoms in total. The maximum Gasteiger partial charge on any atom is 0.191 e. The first-order chi connectivity index (χ1) is 10.2. The van der Waals surface area contributed by atoms with Crippen LogP contribution < -0.4 is 0 Å². The van der Waals surface area contributed by atoms with E-state index in [9.17, 15) is 21.0 Å². The highest BCUT2D eigenvalue weighted by atomic mass is 32.2. The maximum absolute atomic E-state index is 10.0. The van der Waals surface area contributed by atoms with Gasteiger partial charge in [-0.05, 0) is 23.7 Å². The Labute approximate surface area is 136 Å². The van der Waals surface area contributed by atoms with Crippen molar-refractivity contribution >= 4 is 11.8 Å². The third-order valence-corrected chi connectivity index (χ3v) is 8.32. The Morgan fingerprint density at radius 2 is 1.23 bits per heavy atom. The number of nitriles is 4. The smallest absolute Gasteiger partial charge is 0.191 e. The minimum atomic E-state index is -1.62. The molecule has 0 bridgehead atoms. The summed E-state index contributed by atoms with van der Waals surface area (Å²) in [5.41, 5.74) is -3.81. The maximum atomic E-state index is 10.0. The molecular weight excluding hydrogens is 292 g/mol. The molecule has 0 aromatic carbocycles. The van der Waals surface area contributed by atoms with Crippen LogP contribution in [0.15, 0.2) is 0 Å². The fraction of sp³-hybridized carbons (Fsp3) is 0.765. The van der Waals surface area contributed by atoms with Crippen LogP contribution >= 0.6 is 11.8 Å². The Morgan fingerprint density at radius 1 is 0.773 bits per heavy atom. The summed E-state index contributed by atoms with van der Waals surface area (Å²) in [6.45, 7) is 8.31. The van der Waals surface area contributed by atoms with Gasteiger partial charge in [-0.3, -0.25) is 0 Å². The molecule has 2 aliphatic rings. The van der Waals surface area contributed by atoms with Crippen molar-refractivity contribution in [3.05, 3.63) is 0 Å². The van der Waals surface area contributed by atoms with Crippen LogP contribution in [-0.2, 0) is 0 Å². The molecule has 1 aliphatic carbocycles. The zero-order valence-electron chi connectivity index (χ0n) is 13.5. The topological polar surface area (TPSA) is 95.2 Å². The molecule has 0 aromatic rings. The zero-order valence-corrected chi connectivity index (χ0v) is 14.3. The molecule has 1 aliphatic heterocycles. The van der Waals surface area contributed by atoms with Gasteiger partial charge in [-0.2, -0.15) is 21.0 Å². The second-order valence-electron chi connectivity index (χ2n) is 7.69. The van der Waals surface area contributed by atoms with E-state index >= 15 is 0 Å². The van der Waals surface area contributed by atoms with Gasteiger partial charge in [0.1, 0.15) is 0 Å². The van der Waals surface area contributed by atoms with Crippen LogP contribution in [0, 0.1) is 67.0 Å². The molecule has 1 saturated carbocycles. The molecule has 0 amide bonds. The van der Waals surface area contributed by atoms with Crippen LogP contribution in [0.4, 0.5) is 0 Å². The van der Waals surface area contributed by atoms with Crippen molar-refractivity contribution in [2.75, 3.05) is 5.75 Å². The van der Waals surface area contributed by atoms with E-state index in [4.69, 9.17) is 0 Å². The van der Waals surface area contributed by atoms with E-state index in [2.05, 4.69) is 39.8 Å². The number of hydrogen-bond acceptors (Lipinski definition) is 5. The van der Waals surface area contributed by atoms with Crippen LogP contribution in [-0.4, -0.2) is 10.5 Å². The van der Waals surface area contributed by atoms with E-state index in [1.807, 2.05) is 12.1 Å². The lowest BCUT2D eigenvalue weighted by atomic mass is 9.44. The van der Waals surface area contributed by atoms with Crippen LogP contribution in [0.5, 0.6) is 0 Å². The number of rotatable bonds is 0. The highest BCUT2D eigenvalue weighted by Gasteiger charge is 2.79. The van der Waals surface area contributed by atoms with Gasteiger partial charge in [0.05, 0.1) is 29.0 Å². The average molecular weight is 312 g/mol. The molecule has 114 valence electrons. The quantitative estimate of drug-likeness (QED) is 0.678. The van der Waals surface area contributed by atoms with E-state index in [0.29, 0.717) is 0 Å². The molecule has 1 saturated heterocycles. The highest BCUT2D eigenvalue weighted by Crippen LogP contribution is 2.75. The first kappa shape index (κ1) is 16.7. The van der Waals surface area contributed by atoms with Crippen molar-refractivity contribution < 1.29 is 0 Å². The van der Waals surface area contributed by atoms with Gasteiger partial charge in [0.2, 0.25) is 0 Å². The molecule has 5 heteroatoms. The summed E-state index contributed by atoms with van der Waals surface area (Å²) < 4.78 is -0.736. The van der Waals surface area contributed by atoms with Gasteiger partial charge in [0.15, 0.2) is 10.8 Å². The SMILES string of the molecule is CC1(C)CCCC(C)(C)C12SCC(C#N)(C#N)C2(C#N)C#N. The van der Waals surface area contributed by atoms with Gasteiger partial charge in [-0.25, -0.2) is 0 Å². The zero-order chi connectivity index (χ0) is 16.9. The van der Waals surface area contributed by atoms with Crippen molar-refractivity contribution in [2.45, 2.75) is 51.7 Å². The lowest BCUT2D eigenvalue weighted by molar-refractivity contribution is -0.0137. The molecule has 2 fully saturated rings. The summed E-state index contributed by atoms with van der Waals surface area (Å²) >= 11 is 1.50. The fourth-order valence-corrected chi connectivity index (χ4v) is 7.26. The Balaban J connectivity index is 2.91. The summed E-state index contributed by atoms with van der Waals surface area (Å²) in [5.74, 6) is 0.216. The van der Waals surface area contributed by atoms with Gasteiger partial charge in [-0.15, -0.1) is 11.8 Å². The standard InChI is InChI=1S/C17H20N4S/c1-13(2)6-5-7-14(3,4)17(13)16(10-20,11-21)15(8-18,9-19)12-22-17/h5-7,12H2,1-4H3. The number of nitrogens with zero attached hydrogens (tertiary/aromatic N) is 4. The summed E-state index contributed by atoms with van der Waals surface area (Å²) in [7, 11) is 0. The van der Waals surface area contributed by atoms with Crippen molar-refractivity contribution in [1.29, 1.82) is 21.0 Å². The number of thioether (sulfide) groups is 1. The summed E-state index contributed by atoms with van der Waals surface area (Å²) in [4.78, 5) is 0. The summed E-state index contributed by atoms with van der Waals surface area (Å²) in [6, 6.07) is 8.41. The largest absolute Gasteiger partial charge is 0.196 e. The first-order valence-electron chi connectivity index (χ1n) is 7.45. The Hall–Kier alpha value is -1.69. The fourth-order valence-electron chi connectivity index (χ4n) is 5.01. The molecule has 0 N–H and O–H groups in total. The predicted octanol–water partition coefficient (Wildman–Crippen LogP) is 3.78. The second-order valence-corrected chi connectivity index (χ2v) is 8.88. The van der Waals surface area contributed by atoms with Crippen LogP contribution in [0.2, 0.25) is 0 Å². The summed E-state index contributed by atoms with van der Waals surface area (Å²) in [6.07, 6.45) is 2.81. The normalized spacial score (nSPS) is 28.7. The van der Waals surface area contributed by atoms with Crippen LogP contribution in [0.25, 0.3) is 0 Å². The molecule has 0 unspecified atom stereocenters. The monoisotopic (exact) mass is 312 g/mol. The van der Waals surface area contributed by atoms with Crippen molar-refractivity contribution in [3.63, 3.8) is 0 Å². The lowest BCUT2D eigenvalue weighted by Crippen LogP contribution is -2.65. The minimum Gasteiger partial charge on any atom is -0.196 e. The minimum absolute atomic E-state index is 0.216. The van der Waals surface area contributed by atoms with Crippen molar-refractivity contribution in [2.24, 2.45) is 21.7 Å². The molecule has 1 spiro atoms. The highest BCUT2D eigenvalue weighted by molar-refractivity contribution is 8.01. The first-order valence-corrected chi connectivity index (χ1v) is 8.43. The van der Waals surface area contributed by atoms with Gasteiger partial charge in [0.25, 0.3) is 0 Å². The van der Waals surface area contributed by atoms with E-state index in [0.717, 1.165) is 19.3 Å². The predicted molar refractivity (Wildman–Crippen MR) is 83.9 cm³/mol. The lowest BCUT2D eigenvalue weighted by Gasteiger charge is -2.61. The molecule has 22 heavy (non-hydrogen) atoms. The molecule has 0 atom stereocenters. The third kappa shape index (κ3) is 1.46. The molecular formula is C17H20N4S. The van der Waals surface area contributed by atoms with E-state index < -0.39 is 15.6 Å². The molecule has 1 heterocycles. The Kier molecular flexibility index (Phi) is 3.53. The van der Waals surface area contributed by atoms with Crippen molar-refractivity contribution in [3.8, 4) is 24.3 Å². The Morgan fingerprint density at radius 3 is 1.59 bits per heavy atom. The average Bonchev–Trinajstić information content (AvgIpc) is 2.78. The second kappa shape index (κ2) is 4.65. The van der Waals surface area contributed by atoms with Crippen LogP contribution in [0.3, 0.4) is 0 Å². The van der Waals surface area contributed by atoms with Crippen molar-refractivity contribution in [1.82, 2.24) is 0 Å². The van der Waals surface area contributed by atoms with Gasteiger partial charge in [0, 0.05) is 5.75 Å².